The minimum Gasteiger partial charge on any atom is -0.370 e. The lowest BCUT2D eigenvalue weighted by molar-refractivity contribution is -0.115. The molecule has 138 valence electrons. The molecule has 2 aromatic rings. The first kappa shape index (κ1) is 18.5. The van der Waals surface area contributed by atoms with Crippen LogP contribution in [0.25, 0.3) is 0 Å². The summed E-state index contributed by atoms with van der Waals surface area (Å²) in [5.41, 5.74) is 3.35. The number of amides is 1. The van der Waals surface area contributed by atoms with E-state index in [0.717, 1.165) is 37.4 Å². The largest absolute Gasteiger partial charge is 0.370 e. The molecule has 0 saturated carbocycles. The topological polar surface area (TPSA) is 44.4 Å². The van der Waals surface area contributed by atoms with Gasteiger partial charge in [0.05, 0.1) is 17.9 Å². The number of benzene rings is 2. The van der Waals surface area contributed by atoms with Gasteiger partial charge in [-0.25, -0.2) is 0 Å². The number of nitrogens with zero attached hydrogens (tertiary/aromatic N) is 1. The van der Waals surface area contributed by atoms with Gasteiger partial charge in [0, 0.05) is 13.1 Å². The van der Waals surface area contributed by atoms with Gasteiger partial charge in [0.1, 0.15) is 0 Å². The smallest absolute Gasteiger partial charge is 0.238 e. The molecular weight excluding hydrogens is 322 g/mol. The van der Waals surface area contributed by atoms with Crippen molar-refractivity contribution in [2.24, 2.45) is 0 Å². The van der Waals surface area contributed by atoms with Gasteiger partial charge in [0.25, 0.3) is 0 Å². The zero-order valence-corrected chi connectivity index (χ0v) is 15.4. The average Bonchev–Trinajstić information content (AvgIpc) is 2.96. The van der Waals surface area contributed by atoms with Crippen molar-refractivity contribution in [3.8, 4) is 0 Å². The quantitative estimate of drug-likeness (QED) is 0.745. The molecule has 0 radical (unpaired) electrons. The van der Waals surface area contributed by atoms with Crippen LogP contribution in [0.2, 0.25) is 0 Å². The van der Waals surface area contributed by atoms with E-state index in [9.17, 15) is 4.79 Å². The molecule has 1 aliphatic heterocycles. The lowest BCUT2D eigenvalue weighted by Crippen LogP contribution is -2.31. The lowest BCUT2D eigenvalue weighted by Gasteiger charge is -2.25. The van der Waals surface area contributed by atoms with Crippen LogP contribution < -0.4 is 15.5 Å². The molecule has 2 aromatic carbocycles. The standard InChI is InChI=1S/C22H29N3O/c26-22(18-23-15-14-19-10-4-3-5-11-19)24-20-12-6-7-13-21(20)25-16-8-1-2-9-17-25/h3-7,10-13,23H,1-2,8-9,14-18H2,(H,24,26). The molecule has 3 rings (SSSR count). The third-order valence-electron chi connectivity index (χ3n) is 4.84. The van der Waals surface area contributed by atoms with Gasteiger partial charge in [0.15, 0.2) is 0 Å². The van der Waals surface area contributed by atoms with Gasteiger partial charge in [0.2, 0.25) is 5.91 Å². The highest BCUT2D eigenvalue weighted by Crippen LogP contribution is 2.27. The first-order valence-corrected chi connectivity index (χ1v) is 9.71. The molecule has 1 amide bonds. The van der Waals surface area contributed by atoms with Crippen molar-refractivity contribution >= 4 is 17.3 Å². The van der Waals surface area contributed by atoms with Gasteiger partial charge in [-0.1, -0.05) is 55.3 Å². The molecule has 26 heavy (non-hydrogen) atoms. The Bertz CT molecular complexity index is 679. The number of nitrogens with one attached hydrogen (secondary N) is 2. The number of para-hydroxylation sites is 2. The molecule has 1 aliphatic rings. The summed E-state index contributed by atoms with van der Waals surface area (Å²) in [6.07, 6.45) is 5.98. The minimum atomic E-state index is 0.0142. The van der Waals surface area contributed by atoms with E-state index in [4.69, 9.17) is 0 Å². The summed E-state index contributed by atoms with van der Waals surface area (Å²) in [5.74, 6) is 0.0142. The van der Waals surface area contributed by atoms with E-state index in [1.54, 1.807) is 0 Å². The maximum absolute atomic E-state index is 12.3. The van der Waals surface area contributed by atoms with E-state index in [0.29, 0.717) is 6.54 Å². The second-order valence-corrected chi connectivity index (χ2v) is 6.88. The first-order valence-electron chi connectivity index (χ1n) is 9.71. The summed E-state index contributed by atoms with van der Waals surface area (Å²) >= 11 is 0. The minimum absolute atomic E-state index is 0.0142. The van der Waals surface area contributed by atoms with Crippen molar-refractivity contribution in [3.05, 3.63) is 60.2 Å². The Balaban J connectivity index is 1.49. The van der Waals surface area contributed by atoms with Crippen LogP contribution in [0.5, 0.6) is 0 Å². The van der Waals surface area contributed by atoms with Gasteiger partial charge >= 0.3 is 0 Å². The normalized spacial score (nSPS) is 14.7. The number of hydrogen-bond acceptors (Lipinski definition) is 3. The van der Waals surface area contributed by atoms with Crippen LogP contribution in [0, 0.1) is 0 Å². The number of rotatable bonds is 7. The fourth-order valence-electron chi connectivity index (χ4n) is 3.44. The monoisotopic (exact) mass is 351 g/mol. The van der Waals surface area contributed by atoms with Gasteiger partial charge in [-0.15, -0.1) is 0 Å². The van der Waals surface area contributed by atoms with Crippen molar-refractivity contribution in [3.63, 3.8) is 0 Å². The number of anilines is 2. The van der Waals surface area contributed by atoms with Gasteiger partial charge in [-0.05, 0) is 43.5 Å². The molecule has 4 nitrogen and oxygen atoms in total. The molecule has 0 atom stereocenters. The van der Waals surface area contributed by atoms with E-state index in [1.165, 1.54) is 31.2 Å². The molecule has 0 aromatic heterocycles. The predicted molar refractivity (Wildman–Crippen MR) is 109 cm³/mol. The Kier molecular flexibility index (Phi) is 7.08. The number of carbonyl (C=O) groups is 1. The summed E-state index contributed by atoms with van der Waals surface area (Å²) in [5, 5.41) is 6.32. The maximum atomic E-state index is 12.3. The molecule has 1 fully saturated rings. The fourth-order valence-corrected chi connectivity index (χ4v) is 3.44. The van der Waals surface area contributed by atoms with Crippen LogP contribution >= 0.6 is 0 Å². The van der Waals surface area contributed by atoms with Crippen molar-refractivity contribution in [2.45, 2.75) is 32.1 Å². The summed E-state index contributed by atoms with van der Waals surface area (Å²) in [6.45, 7) is 3.27. The molecule has 1 saturated heterocycles. The fraction of sp³-hybridized carbons (Fsp3) is 0.409. The van der Waals surface area contributed by atoms with Crippen molar-refractivity contribution < 1.29 is 4.79 Å². The van der Waals surface area contributed by atoms with Crippen molar-refractivity contribution in [1.82, 2.24) is 5.32 Å². The average molecular weight is 351 g/mol. The second kappa shape index (κ2) is 9.97. The van der Waals surface area contributed by atoms with Crippen LogP contribution in [0.15, 0.2) is 54.6 Å². The van der Waals surface area contributed by atoms with Crippen molar-refractivity contribution in [2.75, 3.05) is 36.4 Å². The third kappa shape index (κ3) is 5.60. The van der Waals surface area contributed by atoms with Gasteiger partial charge in [-0.2, -0.15) is 0 Å². The van der Waals surface area contributed by atoms with Crippen LogP contribution in [0.3, 0.4) is 0 Å². The van der Waals surface area contributed by atoms with Gasteiger partial charge < -0.3 is 15.5 Å². The molecule has 1 heterocycles. The lowest BCUT2D eigenvalue weighted by atomic mass is 10.1. The Labute approximate surface area is 156 Å². The third-order valence-corrected chi connectivity index (χ3v) is 4.84. The Morgan fingerprint density at radius 1 is 0.885 bits per heavy atom. The van der Waals surface area contributed by atoms with E-state index in [-0.39, 0.29) is 5.91 Å². The van der Waals surface area contributed by atoms with Crippen LogP contribution in [0.1, 0.15) is 31.2 Å². The summed E-state index contributed by atoms with van der Waals surface area (Å²) in [4.78, 5) is 14.7. The highest BCUT2D eigenvalue weighted by Gasteiger charge is 2.14. The zero-order chi connectivity index (χ0) is 18.0. The highest BCUT2D eigenvalue weighted by atomic mass is 16.1. The molecule has 0 unspecified atom stereocenters. The van der Waals surface area contributed by atoms with Crippen LogP contribution in [-0.4, -0.2) is 32.1 Å². The molecule has 0 spiro atoms. The van der Waals surface area contributed by atoms with Crippen molar-refractivity contribution in [1.29, 1.82) is 0 Å². The summed E-state index contributed by atoms with van der Waals surface area (Å²) in [7, 11) is 0. The molecule has 0 bridgehead atoms. The number of hydrogen-bond donors (Lipinski definition) is 2. The number of carbonyl (C=O) groups excluding carboxylic acids is 1. The Morgan fingerprint density at radius 3 is 2.35 bits per heavy atom. The van der Waals surface area contributed by atoms with E-state index in [1.807, 2.05) is 36.4 Å². The molecule has 2 N–H and O–H groups in total. The van der Waals surface area contributed by atoms with E-state index < -0.39 is 0 Å². The van der Waals surface area contributed by atoms with E-state index in [2.05, 4.69) is 33.7 Å². The highest BCUT2D eigenvalue weighted by molar-refractivity contribution is 5.95. The SMILES string of the molecule is O=C(CNCCc1ccccc1)Nc1ccccc1N1CCCCCC1. The predicted octanol–water partition coefficient (Wildman–Crippen LogP) is 3.84. The van der Waals surface area contributed by atoms with E-state index >= 15 is 0 Å². The zero-order valence-electron chi connectivity index (χ0n) is 15.4. The Hall–Kier alpha value is -2.33. The van der Waals surface area contributed by atoms with Crippen LogP contribution in [0.4, 0.5) is 11.4 Å². The molecule has 4 heteroatoms. The second-order valence-electron chi connectivity index (χ2n) is 6.88. The maximum Gasteiger partial charge on any atom is 0.238 e. The first-order chi connectivity index (χ1) is 12.8. The summed E-state index contributed by atoms with van der Waals surface area (Å²) in [6, 6.07) is 18.5. The Morgan fingerprint density at radius 2 is 1.58 bits per heavy atom. The van der Waals surface area contributed by atoms with Crippen LogP contribution in [-0.2, 0) is 11.2 Å². The molecular formula is C22H29N3O. The van der Waals surface area contributed by atoms with Gasteiger partial charge in [-0.3, -0.25) is 4.79 Å². The summed E-state index contributed by atoms with van der Waals surface area (Å²) < 4.78 is 0. The molecule has 0 aliphatic carbocycles.